The van der Waals surface area contributed by atoms with Gasteiger partial charge in [-0.1, -0.05) is 6.92 Å². The van der Waals surface area contributed by atoms with Gasteiger partial charge in [0.2, 0.25) is 5.82 Å². The van der Waals surface area contributed by atoms with Crippen LogP contribution in [0.15, 0.2) is 0 Å². The Balaban J connectivity index is 3.27. The van der Waals surface area contributed by atoms with E-state index in [1.165, 1.54) is 6.92 Å². The van der Waals surface area contributed by atoms with Crippen LogP contribution < -0.4 is 5.32 Å². The number of hydrogen-bond acceptors (Lipinski definition) is 2. The lowest BCUT2D eigenvalue weighted by atomic mass is 10.1. The molecule has 0 aliphatic heterocycles. The highest BCUT2D eigenvalue weighted by molar-refractivity contribution is 5.97. The van der Waals surface area contributed by atoms with Crippen LogP contribution in [0.2, 0.25) is 0 Å². The van der Waals surface area contributed by atoms with Crippen molar-refractivity contribution in [3.8, 4) is 0 Å². The third kappa shape index (κ3) is 2.70. The summed E-state index contributed by atoms with van der Waals surface area (Å²) < 4.78 is 65.1. The van der Waals surface area contributed by atoms with E-state index in [2.05, 4.69) is 0 Å². The summed E-state index contributed by atoms with van der Waals surface area (Å²) in [5, 5.41) is 10.3. The minimum Gasteiger partial charge on any atom is -0.480 e. The van der Waals surface area contributed by atoms with Crippen molar-refractivity contribution in [2.75, 3.05) is 0 Å². The number of carbonyl (C=O) groups excluding carboxylic acids is 1. The largest absolute Gasteiger partial charge is 0.480 e. The second-order valence-electron chi connectivity index (χ2n) is 3.72. The fourth-order valence-electron chi connectivity index (χ4n) is 1.37. The molecule has 0 saturated heterocycles. The number of carbonyl (C=O) groups is 2. The van der Waals surface area contributed by atoms with Crippen LogP contribution in [0.3, 0.4) is 0 Å². The molecule has 1 aromatic carbocycles. The topological polar surface area (TPSA) is 66.4 Å². The first kappa shape index (κ1) is 15.9. The number of carboxylic acids is 1. The molecule has 0 bridgehead atoms. The average molecular weight is 297 g/mol. The van der Waals surface area contributed by atoms with Gasteiger partial charge < -0.3 is 10.4 Å². The molecule has 0 spiro atoms. The van der Waals surface area contributed by atoms with E-state index in [9.17, 15) is 31.5 Å². The van der Waals surface area contributed by atoms with Crippen molar-refractivity contribution in [2.45, 2.75) is 19.4 Å². The number of halogens is 5. The number of nitrogens with one attached hydrogen (secondary N) is 1. The first-order chi connectivity index (χ1) is 9.22. The summed E-state index contributed by atoms with van der Waals surface area (Å²) >= 11 is 0. The molecule has 0 radical (unpaired) electrons. The molecule has 9 heteroatoms. The SMILES string of the molecule is CC[C@@H](NC(=O)c1c(F)c(F)c(F)c(F)c1F)C(=O)O. The standard InChI is InChI=1S/C11H8F5NO3/c1-2-3(11(19)20)17-10(18)4-5(12)7(14)9(16)8(15)6(4)13/h3H,2H2,1H3,(H,17,18)(H,19,20)/t3-/m1/s1. The first-order valence-electron chi connectivity index (χ1n) is 5.27. The van der Waals surface area contributed by atoms with Gasteiger partial charge >= 0.3 is 5.97 Å². The summed E-state index contributed by atoms with van der Waals surface area (Å²) in [5.41, 5.74) is -1.72. The van der Waals surface area contributed by atoms with Gasteiger partial charge in [0.05, 0.1) is 0 Å². The quantitative estimate of drug-likeness (QED) is 0.507. The molecule has 1 aromatic rings. The van der Waals surface area contributed by atoms with Crippen molar-refractivity contribution in [3.63, 3.8) is 0 Å². The molecule has 1 rings (SSSR count). The lowest BCUT2D eigenvalue weighted by molar-refractivity contribution is -0.139. The van der Waals surface area contributed by atoms with Crippen molar-refractivity contribution in [1.29, 1.82) is 0 Å². The zero-order valence-electron chi connectivity index (χ0n) is 9.94. The molecule has 0 aliphatic rings. The highest BCUT2D eigenvalue weighted by atomic mass is 19.2. The van der Waals surface area contributed by atoms with Gasteiger partial charge in [0.1, 0.15) is 11.6 Å². The van der Waals surface area contributed by atoms with Crippen molar-refractivity contribution in [2.24, 2.45) is 0 Å². The number of hydrogen-bond donors (Lipinski definition) is 2. The third-order valence-corrected chi connectivity index (χ3v) is 2.45. The van der Waals surface area contributed by atoms with Crippen LogP contribution in [0.25, 0.3) is 0 Å². The number of amides is 1. The Morgan fingerprint density at radius 2 is 1.40 bits per heavy atom. The van der Waals surface area contributed by atoms with Gasteiger partial charge in [-0.2, -0.15) is 0 Å². The second kappa shape index (κ2) is 5.85. The Hall–Kier alpha value is -2.19. The van der Waals surface area contributed by atoms with Crippen molar-refractivity contribution in [3.05, 3.63) is 34.6 Å². The van der Waals surface area contributed by atoms with Crippen LogP contribution in [0.1, 0.15) is 23.7 Å². The molecule has 4 nitrogen and oxygen atoms in total. The van der Waals surface area contributed by atoms with Crippen molar-refractivity contribution in [1.82, 2.24) is 5.32 Å². The van der Waals surface area contributed by atoms with Crippen molar-refractivity contribution < 1.29 is 36.6 Å². The zero-order valence-corrected chi connectivity index (χ0v) is 9.94. The molecule has 110 valence electrons. The maximum atomic E-state index is 13.3. The predicted octanol–water partition coefficient (Wildman–Crippen LogP) is 1.98. The van der Waals surface area contributed by atoms with E-state index < -0.39 is 52.6 Å². The zero-order chi connectivity index (χ0) is 15.6. The molecular formula is C11H8F5NO3. The van der Waals surface area contributed by atoms with Crippen LogP contribution in [-0.4, -0.2) is 23.0 Å². The molecule has 1 amide bonds. The smallest absolute Gasteiger partial charge is 0.326 e. The normalized spacial score (nSPS) is 12.1. The number of benzene rings is 1. The Morgan fingerprint density at radius 1 is 1.00 bits per heavy atom. The number of carboxylic acid groups (broad SMARTS) is 1. The summed E-state index contributed by atoms with van der Waals surface area (Å²) in [4.78, 5) is 22.1. The minimum absolute atomic E-state index is 0.142. The predicted molar refractivity (Wildman–Crippen MR) is 55.4 cm³/mol. The highest BCUT2D eigenvalue weighted by Crippen LogP contribution is 2.23. The number of aliphatic carboxylic acids is 1. The Bertz CT molecular complexity index is 547. The fourth-order valence-corrected chi connectivity index (χ4v) is 1.37. The van der Waals surface area contributed by atoms with E-state index in [4.69, 9.17) is 5.11 Å². The minimum atomic E-state index is -2.40. The average Bonchev–Trinajstić information content (AvgIpc) is 2.40. The highest BCUT2D eigenvalue weighted by Gasteiger charge is 2.31. The molecule has 0 aliphatic carbocycles. The summed E-state index contributed by atoms with van der Waals surface area (Å²) in [6.07, 6.45) is -0.142. The number of rotatable bonds is 4. The van der Waals surface area contributed by atoms with Gasteiger partial charge in [0.15, 0.2) is 23.3 Å². The first-order valence-corrected chi connectivity index (χ1v) is 5.27. The van der Waals surface area contributed by atoms with Gasteiger partial charge in [-0.25, -0.2) is 26.7 Å². The molecule has 0 heterocycles. The van der Waals surface area contributed by atoms with Crippen LogP contribution in [0.4, 0.5) is 22.0 Å². The van der Waals surface area contributed by atoms with Gasteiger partial charge in [0.25, 0.3) is 5.91 Å². The van der Waals surface area contributed by atoms with Crippen LogP contribution >= 0.6 is 0 Å². The van der Waals surface area contributed by atoms with Gasteiger partial charge in [0, 0.05) is 0 Å². The molecule has 0 saturated carbocycles. The Kier molecular flexibility index (Phi) is 4.64. The molecule has 0 unspecified atom stereocenters. The summed E-state index contributed by atoms with van der Waals surface area (Å²) in [6.45, 7) is 1.34. The molecule has 20 heavy (non-hydrogen) atoms. The monoisotopic (exact) mass is 297 g/mol. The molecule has 2 N–H and O–H groups in total. The fraction of sp³-hybridized carbons (Fsp3) is 0.273. The van der Waals surface area contributed by atoms with E-state index in [0.29, 0.717) is 0 Å². The molecule has 0 aromatic heterocycles. The molecule has 0 fully saturated rings. The molecule has 1 atom stereocenters. The van der Waals surface area contributed by atoms with Crippen molar-refractivity contribution >= 4 is 11.9 Å². The van der Waals surface area contributed by atoms with E-state index in [-0.39, 0.29) is 6.42 Å². The lowest BCUT2D eigenvalue weighted by Crippen LogP contribution is -2.41. The van der Waals surface area contributed by atoms with Gasteiger partial charge in [-0.05, 0) is 6.42 Å². The maximum absolute atomic E-state index is 13.3. The summed E-state index contributed by atoms with van der Waals surface area (Å²) in [6, 6.07) is -1.52. The van der Waals surface area contributed by atoms with E-state index in [1.807, 2.05) is 0 Å². The molecular weight excluding hydrogens is 289 g/mol. The summed E-state index contributed by atoms with van der Waals surface area (Å²) in [7, 11) is 0. The Morgan fingerprint density at radius 3 is 1.75 bits per heavy atom. The maximum Gasteiger partial charge on any atom is 0.326 e. The van der Waals surface area contributed by atoms with E-state index >= 15 is 0 Å². The van der Waals surface area contributed by atoms with Gasteiger partial charge in [-0.15, -0.1) is 0 Å². The second-order valence-corrected chi connectivity index (χ2v) is 3.72. The van der Waals surface area contributed by atoms with E-state index in [0.717, 1.165) is 0 Å². The van der Waals surface area contributed by atoms with Gasteiger partial charge in [-0.3, -0.25) is 4.79 Å². The van der Waals surface area contributed by atoms with Crippen LogP contribution in [0, 0.1) is 29.1 Å². The van der Waals surface area contributed by atoms with E-state index in [1.54, 1.807) is 5.32 Å². The Labute approximate surface area is 109 Å². The van der Waals surface area contributed by atoms with Crippen LogP contribution in [-0.2, 0) is 4.79 Å². The third-order valence-electron chi connectivity index (χ3n) is 2.45. The van der Waals surface area contributed by atoms with Crippen LogP contribution in [0.5, 0.6) is 0 Å². The summed E-state index contributed by atoms with van der Waals surface area (Å²) in [5.74, 6) is -14.8. The lowest BCUT2D eigenvalue weighted by Gasteiger charge is -2.13.